The van der Waals surface area contributed by atoms with E-state index in [1.807, 2.05) is 12.4 Å². The van der Waals surface area contributed by atoms with E-state index in [4.69, 9.17) is 0 Å². The maximum absolute atomic E-state index is 4.21. The minimum atomic E-state index is 0.939. The molecule has 0 amide bonds. The van der Waals surface area contributed by atoms with E-state index in [0.29, 0.717) is 0 Å². The van der Waals surface area contributed by atoms with Crippen LogP contribution in [-0.4, -0.2) is 22.6 Å². The molecule has 84 valence electrons. The number of hydrogen-bond donors (Lipinski definition) is 1. The van der Waals surface area contributed by atoms with Crippen molar-refractivity contribution in [1.29, 1.82) is 0 Å². The van der Waals surface area contributed by atoms with Gasteiger partial charge in [0.25, 0.3) is 0 Å². The SMILES string of the molecule is Cc1nccn1CCNCC1CCCC1. The summed E-state index contributed by atoms with van der Waals surface area (Å²) in [5, 5.41) is 3.54. The first kappa shape index (κ1) is 10.7. The van der Waals surface area contributed by atoms with Crippen LogP contribution in [0.2, 0.25) is 0 Å². The Kier molecular flexibility index (Phi) is 3.78. The second-order valence-corrected chi connectivity index (χ2v) is 4.52. The Morgan fingerprint density at radius 3 is 2.93 bits per heavy atom. The highest BCUT2D eigenvalue weighted by atomic mass is 15.1. The molecule has 0 aromatic carbocycles. The highest BCUT2D eigenvalue weighted by Gasteiger charge is 2.13. The quantitative estimate of drug-likeness (QED) is 0.748. The molecular weight excluding hydrogens is 186 g/mol. The highest BCUT2D eigenvalue weighted by Crippen LogP contribution is 2.23. The number of hydrogen-bond acceptors (Lipinski definition) is 2. The van der Waals surface area contributed by atoms with Crippen molar-refractivity contribution in [2.24, 2.45) is 5.92 Å². The molecule has 0 saturated heterocycles. The van der Waals surface area contributed by atoms with E-state index in [1.54, 1.807) is 0 Å². The molecule has 3 heteroatoms. The normalized spacial score (nSPS) is 17.4. The van der Waals surface area contributed by atoms with Crippen molar-refractivity contribution in [2.75, 3.05) is 13.1 Å². The summed E-state index contributed by atoms with van der Waals surface area (Å²) in [6.45, 7) is 5.36. The van der Waals surface area contributed by atoms with Gasteiger partial charge >= 0.3 is 0 Å². The molecule has 0 aliphatic heterocycles. The van der Waals surface area contributed by atoms with Gasteiger partial charge in [0, 0.05) is 25.5 Å². The van der Waals surface area contributed by atoms with Crippen molar-refractivity contribution in [3.05, 3.63) is 18.2 Å². The van der Waals surface area contributed by atoms with Gasteiger partial charge in [-0.2, -0.15) is 0 Å². The molecular formula is C12H21N3. The van der Waals surface area contributed by atoms with Crippen molar-refractivity contribution in [3.8, 4) is 0 Å². The maximum atomic E-state index is 4.21. The van der Waals surface area contributed by atoms with Crippen LogP contribution < -0.4 is 5.32 Å². The lowest BCUT2D eigenvalue weighted by atomic mass is 10.1. The molecule has 0 radical (unpaired) electrons. The molecule has 0 spiro atoms. The van der Waals surface area contributed by atoms with E-state index in [-0.39, 0.29) is 0 Å². The van der Waals surface area contributed by atoms with Gasteiger partial charge in [0.15, 0.2) is 0 Å². The van der Waals surface area contributed by atoms with Crippen molar-refractivity contribution in [2.45, 2.75) is 39.2 Å². The highest BCUT2D eigenvalue weighted by molar-refractivity contribution is 4.88. The third kappa shape index (κ3) is 3.06. The van der Waals surface area contributed by atoms with E-state index >= 15 is 0 Å². The van der Waals surface area contributed by atoms with Gasteiger partial charge in [0.05, 0.1) is 0 Å². The zero-order valence-corrected chi connectivity index (χ0v) is 9.58. The number of nitrogens with zero attached hydrogens (tertiary/aromatic N) is 2. The minimum absolute atomic E-state index is 0.939. The van der Waals surface area contributed by atoms with Gasteiger partial charge in [-0.1, -0.05) is 12.8 Å². The van der Waals surface area contributed by atoms with Gasteiger partial charge in [-0.25, -0.2) is 4.98 Å². The summed E-state index contributed by atoms with van der Waals surface area (Å²) in [5.74, 6) is 2.05. The maximum Gasteiger partial charge on any atom is 0.105 e. The summed E-state index contributed by atoms with van der Waals surface area (Å²) in [4.78, 5) is 4.21. The Balaban J connectivity index is 1.60. The molecule has 1 aliphatic carbocycles. The summed E-state index contributed by atoms with van der Waals surface area (Å²) in [7, 11) is 0. The van der Waals surface area contributed by atoms with Gasteiger partial charge in [-0.3, -0.25) is 0 Å². The molecule has 3 nitrogen and oxygen atoms in total. The molecule has 1 heterocycles. The third-order valence-electron chi connectivity index (χ3n) is 3.36. The van der Waals surface area contributed by atoms with Gasteiger partial charge in [-0.15, -0.1) is 0 Å². The summed E-state index contributed by atoms with van der Waals surface area (Å²) in [6.07, 6.45) is 9.65. The summed E-state index contributed by atoms with van der Waals surface area (Å²) in [6, 6.07) is 0. The fourth-order valence-corrected chi connectivity index (χ4v) is 2.36. The van der Waals surface area contributed by atoms with Gasteiger partial charge in [0.1, 0.15) is 5.82 Å². The van der Waals surface area contributed by atoms with Crippen LogP contribution >= 0.6 is 0 Å². The van der Waals surface area contributed by atoms with Crippen LogP contribution in [0.4, 0.5) is 0 Å². The summed E-state index contributed by atoms with van der Waals surface area (Å²) >= 11 is 0. The van der Waals surface area contributed by atoms with E-state index < -0.39 is 0 Å². The number of imidazole rings is 1. The van der Waals surface area contributed by atoms with Gasteiger partial charge in [-0.05, 0) is 32.2 Å². The Morgan fingerprint density at radius 2 is 2.27 bits per heavy atom. The summed E-state index contributed by atoms with van der Waals surface area (Å²) in [5.41, 5.74) is 0. The lowest BCUT2D eigenvalue weighted by Gasteiger charge is -2.11. The first-order valence-corrected chi connectivity index (χ1v) is 6.05. The average molecular weight is 207 g/mol. The van der Waals surface area contributed by atoms with Gasteiger partial charge < -0.3 is 9.88 Å². The van der Waals surface area contributed by atoms with E-state index in [2.05, 4.69) is 21.8 Å². The van der Waals surface area contributed by atoms with Crippen LogP contribution in [0.1, 0.15) is 31.5 Å². The number of aryl methyl sites for hydroxylation is 1. The van der Waals surface area contributed by atoms with Crippen molar-refractivity contribution in [1.82, 2.24) is 14.9 Å². The smallest absolute Gasteiger partial charge is 0.105 e. The molecule has 1 N–H and O–H groups in total. The molecule has 0 atom stereocenters. The Bertz CT molecular complexity index is 287. The van der Waals surface area contributed by atoms with Crippen LogP contribution in [0.25, 0.3) is 0 Å². The van der Waals surface area contributed by atoms with Crippen molar-refractivity contribution in [3.63, 3.8) is 0 Å². The summed E-state index contributed by atoms with van der Waals surface area (Å²) < 4.78 is 2.20. The van der Waals surface area contributed by atoms with Gasteiger partial charge in [0.2, 0.25) is 0 Å². The van der Waals surface area contributed by atoms with Crippen LogP contribution in [0.5, 0.6) is 0 Å². The largest absolute Gasteiger partial charge is 0.334 e. The third-order valence-corrected chi connectivity index (χ3v) is 3.36. The standard InChI is InChI=1S/C12H21N3/c1-11-14-7-9-15(11)8-6-13-10-12-4-2-3-5-12/h7,9,12-13H,2-6,8,10H2,1H3. The fourth-order valence-electron chi connectivity index (χ4n) is 2.36. The van der Waals surface area contributed by atoms with Crippen molar-refractivity contribution >= 4 is 0 Å². The first-order chi connectivity index (χ1) is 7.36. The lowest BCUT2D eigenvalue weighted by Crippen LogP contribution is -2.25. The fraction of sp³-hybridized carbons (Fsp3) is 0.750. The monoisotopic (exact) mass is 207 g/mol. The Hall–Kier alpha value is -0.830. The van der Waals surface area contributed by atoms with Crippen LogP contribution in [0, 0.1) is 12.8 Å². The second-order valence-electron chi connectivity index (χ2n) is 4.52. The second kappa shape index (κ2) is 5.31. The van der Waals surface area contributed by atoms with Crippen LogP contribution in [0.3, 0.4) is 0 Å². The lowest BCUT2D eigenvalue weighted by molar-refractivity contribution is 0.474. The van der Waals surface area contributed by atoms with E-state index in [9.17, 15) is 0 Å². The number of rotatable bonds is 5. The topological polar surface area (TPSA) is 29.9 Å². The molecule has 15 heavy (non-hydrogen) atoms. The molecule has 2 rings (SSSR count). The molecule has 1 aliphatic rings. The van der Waals surface area contributed by atoms with E-state index in [1.165, 1.54) is 32.2 Å². The zero-order valence-electron chi connectivity index (χ0n) is 9.58. The molecule has 1 aromatic heterocycles. The van der Waals surface area contributed by atoms with Crippen molar-refractivity contribution < 1.29 is 0 Å². The average Bonchev–Trinajstić information content (AvgIpc) is 2.85. The molecule has 1 aromatic rings. The molecule has 0 unspecified atom stereocenters. The molecule has 1 saturated carbocycles. The predicted molar refractivity (Wildman–Crippen MR) is 61.8 cm³/mol. The van der Waals surface area contributed by atoms with Crippen LogP contribution in [0.15, 0.2) is 12.4 Å². The first-order valence-electron chi connectivity index (χ1n) is 6.05. The number of nitrogens with one attached hydrogen (secondary N) is 1. The Labute approximate surface area is 91.9 Å². The minimum Gasteiger partial charge on any atom is -0.334 e. The zero-order chi connectivity index (χ0) is 10.5. The molecule has 0 bridgehead atoms. The predicted octanol–water partition coefficient (Wildman–Crippen LogP) is 1.97. The molecule has 1 fully saturated rings. The van der Waals surface area contributed by atoms with E-state index in [0.717, 1.165) is 24.8 Å². The van der Waals surface area contributed by atoms with Crippen LogP contribution in [-0.2, 0) is 6.54 Å². The number of aromatic nitrogens is 2. The Morgan fingerprint density at radius 1 is 1.47 bits per heavy atom.